The van der Waals surface area contributed by atoms with Crippen LogP contribution in [-0.4, -0.2) is 4.57 Å². The maximum absolute atomic E-state index is 6.62. The minimum absolute atomic E-state index is 0.857. The van der Waals surface area contributed by atoms with E-state index in [1.165, 1.54) is 58.7 Å². The van der Waals surface area contributed by atoms with Crippen LogP contribution in [0, 0.1) is 0 Å². The van der Waals surface area contributed by atoms with Crippen molar-refractivity contribution in [3.05, 3.63) is 206 Å². The van der Waals surface area contributed by atoms with Crippen molar-refractivity contribution >= 4 is 70.4 Å². The van der Waals surface area contributed by atoms with Crippen molar-refractivity contribution in [3.63, 3.8) is 0 Å². The van der Waals surface area contributed by atoms with Crippen molar-refractivity contribution in [1.82, 2.24) is 4.57 Å². The predicted octanol–water partition coefficient (Wildman–Crippen LogP) is 15.7. The zero-order chi connectivity index (χ0) is 38.2. The average Bonchev–Trinajstić information content (AvgIpc) is 3.85. The minimum Gasteiger partial charge on any atom is -0.453 e. The molecule has 0 atom stereocenters. The summed E-state index contributed by atoms with van der Waals surface area (Å²) in [5, 5.41) is 4.99. The van der Waals surface area contributed by atoms with Crippen LogP contribution in [0.4, 0.5) is 17.1 Å². The SMILES string of the molecule is c1ccc(-c2ccc(-c3ccc(N(c4ccc(-c5cccc6c5-n5c7ccccc7c7cccc(c75)O6)cc4)c4cccc5c4sc4ccccc45)cc3)cc2)cc1. The number of rotatable bonds is 6. The number of nitrogens with zero attached hydrogens (tertiary/aromatic N) is 2. The van der Waals surface area contributed by atoms with Gasteiger partial charge in [0.05, 0.1) is 27.1 Å². The zero-order valence-corrected chi connectivity index (χ0v) is 32.2. The third-order valence-electron chi connectivity index (χ3n) is 11.6. The molecule has 3 heterocycles. The molecule has 0 aliphatic carbocycles. The van der Waals surface area contributed by atoms with Gasteiger partial charge in [-0.05, 0) is 82.4 Å². The van der Waals surface area contributed by atoms with Gasteiger partial charge in [-0.3, -0.25) is 0 Å². The number of ether oxygens (including phenoxy) is 1. The topological polar surface area (TPSA) is 17.4 Å². The summed E-state index contributed by atoms with van der Waals surface area (Å²) in [6, 6.07) is 74.3. The van der Waals surface area contributed by atoms with Crippen molar-refractivity contribution < 1.29 is 4.74 Å². The van der Waals surface area contributed by atoms with E-state index in [1.54, 1.807) is 0 Å². The molecular formula is C54H34N2OS. The second-order valence-electron chi connectivity index (χ2n) is 14.9. The molecule has 12 rings (SSSR count). The fraction of sp³-hybridized carbons (Fsp3) is 0. The molecule has 58 heavy (non-hydrogen) atoms. The van der Waals surface area contributed by atoms with Crippen LogP contribution in [0.2, 0.25) is 0 Å². The highest BCUT2D eigenvalue weighted by molar-refractivity contribution is 7.26. The van der Waals surface area contributed by atoms with E-state index in [-0.39, 0.29) is 0 Å². The predicted molar refractivity (Wildman–Crippen MR) is 245 cm³/mol. The third-order valence-corrected chi connectivity index (χ3v) is 12.8. The Morgan fingerprint density at radius 3 is 1.71 bits per heavy atom. The van der Waals surface area contributed by atoms with Crippen LogP contribution in [0.15, 0.2) is 206 Å². The van der Waals surface area contributed by atoms with Crippen LogP contribution in [0.5, 0.6) is 11.5 Å². The van der Waals surface area contributed by atoms with E-state index < -0.39 is 0 Å². The van der Waals surface area contributed by atoms with Crippen molar-refractivity contribution in [2.45, 2.75) is 0 Å². The van der Waals surface area contributed by atoms with Gasteiger partial charge < -0.3 is 14.2 Å². The van der Waals surface area contributed by atoms with Gasteiger partial charge in [-0.2, -0.15) is 0 Å². The van der Waals surface area contributed by atoms with E-state index in [1.807, 2.05) is 11.3 Å². The summed E-state index contributed by atoms with van der Waals surface area (Å²) in [4.78, 5) is 2.41. The Balaban J connectivity index is 0.976. The van der Waals surface area contributed by atoms with Crippen LogP contribution in [0.25, 0.3) is 81.0 Å². The van der Waals surface area contributed by atoms with Crippen molar-refractivity contribution in [2.75, 3.05) is 4.90 Å². The lowest BCUT2D eigenvalue weighted by molar-refractivity contribution is 0.477. The Labute approximate surface area is 339 Å². The van der Waals surface area contributed by atoms with Gasteiger partial charge in [0.15, 0.2) is 11.5 Å². The van der Waals surface area contributed by atoms with Crippen LogP contribution >= 0.6 is 11.3 Å². The number of fused-ring (bicyclic) bond motifs is 8. The van der Waals surface area contributed by atoms with Gasteiger partial charge in [0.2, 0.25) is 0 Å². The number of aromatic nitrogens is 1. The molecule has 0 radical (unpaired) electrons. The second kappa shape index (κ2) is 13.1. The van der Waals surface area contributed by atoms with Gasteiger partial charge in [0.1, 0.15) is 0 Å². The smallest absolute Gasteiger partial charge is 0.152 e. The first-order valence-electron chi connectivity index (χ1n) is 19.7. The Kier molecular flexibility index (Phi) is 7.40. The molecule has 272 valence electrons. The number of hydrogen-bond acceptors (Lipinski definition) is 3. The maximum Gasteiger partial charge on any atom is 0.152 e. The molecule has 0 amide bonds. The molecule has 0 saturated heterocycles. The Hall–Kier alpha value is -7.40. The highest BCUT2D eigenvalue weighted by Crippen LogP contribution is 2.49. The summed E-state index contributed by atoms with van der Waals surface area (Å²) in [5.41, 5.74) is 13.8. The molecule has 1 aliphatic rings. The molecule has 9 aromatic carbocycles. The number of benzene rings is 9. The molecule has 0 unspecified atom stereocenters. The average molecular weight is 759 g/mol. The van der Waals surface area contributed by atoms with Gasteiger partial charge in [-0.25, -0.2) is 0 Å². The largest absolute Gasteiger partial charge is 0.453 e. The van der Waals surface area contributed by atoms with Gasteiger partial charge in [0, 0.05) is 43.2 Å². The molecule has 1 aliphatic heterocycles. The van der Waals surface area contributed by atoms with E-state index >= 15 is 0 Å². The first-order chi connectivity index (χ1) is 28.8. The van der Waals surface area contributed by atoms with Crippen LogP contribution in [-0.2, 0) is 0 Å². The van der Waals surface area contributed by atoms with Crippen LogP contribution in [0.1, 0.15) is 0 Å². The lowest BCUT2D eigenvalue weighted by Crippen LogP contribution is -2.10. The Morgan fingerprint density at radius 2 is 0.948 bits per heavy atom. The van der Waals surface area contributed by atoms with E-state index in [0.29, 0.717) is 0 Å². The fourth-order valence-electron chi connectivity index (χ4n) is 8.90. The van der Waals surface area contributed by atoms with Crippen molar-refractivity contribution in [1.29, 1.82) is 0 Å². The first kappa shape index (κ1) is 32.8. The van der Waals surface area contributed by atoms with Crippen LogP contribution in [0.3, 0.4) is 0 Å². The molecule has 0 saturated carbocycles. The Morgan fingerprint density at radius 1 is 0.397 bits per heavy atom. The monoisotopic (exact) mass is 758 g/mol. The van der Waals surface area contributed by atoms with Gasteiger partial charge in [-0.15, -0.1) is 11.3 Å². The number of para-hydroxylation sites is 3. The highest BCUT2D eigenvalue weighted by atomic mass is 32.1. The molecule has 0 spiro atoms. The maximum atomic E-state index is 6.62. The molecule has 0 N–H and O–H groups in total. The molecule has 2 aromatic heterocycles. The quantitative estimate of drug-likeness (QED) is 0.168. The molecule has 4 heteroatoms. The number of thiophene rings is 1. The minimum atomic E-state index is 0.857. The van der Waals surface area contributed by atoms with Gasteiger partial charge >= 0.3 is 0 Å². The summed E-state index contributed by atoms with van der Waals surface area (Å²) in [6.45, 7) is 0. The molecule has 0 bridgehead atoms. The fourth-order valence-corrected chi connectivity index (χ4v) is 10.1. The summed E-state index contributed by atoms with van der Waals surface area (Å²) in [5.74, 6) is 1.74. The highest BCUT2D eigenvalue weighted by Gasteiger charge is 2.26. The lowest BCUT2D eigenvalue weighted by Gasteiger charge is -2.27. The summed E-state index contributed by atoms with van der Waals surface area (Å²) < 4.78 is 11.6. The molecule has 0 fully saturated rings. The standard InChI is InChI=1S/C54H34N2OS/c1-2-11-35(12-3-1)36-23-25-37(26-24-36)38-27-31-40(32-28-38)55(48-19-8-17-46-44-14-5-7-22-51(44)58-54(46)48)41-33-29-39(30-34-41)42-15-9-20-49-52(42)56-47-18-6-4-13-43(47)45-16-10-21-50(57-49)53(45)56/h1-34H. The molecule has 3 nitrogen and oxygen atoms in total. The van der Waals surface area contributed by atoms with Crippen LogP contribution < -0.4 is 9.64 Å². The molecule has 11 aromatic rings. The van der Waals surface area contributed by atoms with Gasteiger partial charge in [-0.1, -0.05) is 152 Å². The van der Waals surface area contributed by atoms with Crippen molar-refractivity contribution in [3.8, 4) is 50.6 Å². The normalized spacial score (nSPS) is 11.9. The third kappa shape index (κ3) is 5.12. The van der Waals surface area contributed by atoms with E-state index in [2.05, 4.69) is 216 Å². The number of anilines is 3. The first-order valence-corrected chi connectivity index (χ1v) is 20.5. The molecular weight excluding hydrogens is 725 g/mol. The Bertz CT molecular complexity index is 3340. The van der Waals surface area contributed by atoms with Gasteiger partial charge in [0.25, 0.3) is 0 Å². The lowest BCUT2D eigenvalue weighted by atomic mass is 9.99. The summed E-state index contributed by atoms with van der Waals surface area (Å²) >= 11 is 1.86. The van der Waals surface area contributed by atoms with E-state index in [9.17, 15) is 0 Å². The summed E-state index contributed by atoms with van der Waals surface area (Å²) in [7, 11) is 0. The second-order valence-corrected chi connectivity index (χ2v) is 15.9. The van der Waals surface area contributed by atoms with E-state index in [4.69, 9.17) is 4.74 Å². The van der Waals surface area contributed by atoms with Crippen molar-refractivity contribution in [2.24, 2.45) is 0 Å². The van der Waals surface area contributed by atoms with E-state index in [0.717, 1.165) is 50.9 Å². The number of hydrogen-bond donors (Lipinski definition) is 0. The zero-order valence-electron chi connectivity index (χ0n) is 31.3. The summed E-state index contributed by atoms with van der Waals surface area (Å²) in [6.07, 6.45) is 0.